The van der Waals surface area contributed by atoms with Crippen LogP contribution in [0.15, 0.2) is 0 Å². The zero-order valence-electron chi connectivity index (χ0n) is 14.1. The summed E-state index contributed by atoms with van der Waals surface area (Å²) in [7, 11) is 1.67. The lowest BCUT2D eigenvalue weighted by Gasteiger charge is -2.06. The van der Waals surface area contributed by atoms with Gasteiger partial charge in [-0.1, -0.05) is 12.8 Å². The Kier molecular flexibility index (Phi) is 27.8. The molecule has 0 aromatic heterocycles. The molecule has 0 aliphatic carbocycles. The summed E-state index contributed by atoms with van der Waals surface area (Å²) < 4.78 is 21.0. The monoisotopic (exact) mass is 339 g/mol. The van der Waals surface area contributed by atoms with Crippen molar-refractivity contribution in [1.29, 1.82) is 0 Å². The van der Waals surface area contributed by atoms with Gasteiger partial charge < -0.3 is 24.7 Å². The maximum atomic E-state index is 8.58. The van der Waals surface area contributed by atoms with E-state index in [0.29, 0.717) is 39.6 Å². The highest BCUT2D eigenvalue weighted by Crippen LogP contribution is 2.04. The number of rotatable bonds is 16. The zero-order valence-corrected chi connectivity index (χ0v) is 14.9. The second-order valence-electron chi connectivity index (χ2n) is 4.37. The van der Waals surface area contributed by atoms with Crippen molar-refractivity contribution in [1.82, 2.24) is 0 Å². The first-order valence-electron chi connectivity index (χ1n) is 7.69. The van der Waals surface area contributed by atoms with Gasteiger partial charge in [-0.2, -0.15) is 11.8 Å². The summed E-state index contributed by atoms with van der Waals surface area (Å²) in [6.45, 7) is 4.71. The standard InChI is InChI=1S/C14H30O4S.CH3NO/c1-15-8-9-17-12-13-18-11-10-16-7-5-3-4-6-14-19-2;2-1-3/h3-14H2,1-2H3;1H,(H2,2,3). The van der Waals surface area contributed by atoms with Crippen molar-refractivity contribution in [3.8, 4) is 0 Å². The number of carbonyl (C=O) groups excluding carboxylic acids is 1. The molecule has 0 aliphatic rings. The number of primary amides is 1. The number of nitrogens with two attached hydrogens (primary N) is 1. The van der Waals surface area contributed by atoms with Crippen molar-refractivity contribution < 1.29 is 23.7 Å². The molecule has 0 aromatic carbocycles. The van der Waals surface area contributed by atoms with E-state index in [1.165, 1.54) is 25.0 Å². The second-order valence-corrected chi connectivity index (χ2v) is 5.36. The number of hydrogen-bond donors (Lipinski definition) is 1. The highest BCUT2D eigenvalue weighted by Gasteiger charge is 1.93. The van der Waals surface area contributed by atoms with Crippen molar-refractivity contribution in [2.45, 2.75) is 25.7 Å². The van der Waals surface area contributed by atoms with Crippen molar-refractivity contribution in [3.63, 3.8) is 0 Å². The van der Waals surface area contributed by atoms with Crippen LogP contribution in [-0.4, -0.2) is 71.8 Å². The Bertz CT molecular complexity index is 183. The van der Waals surface area contributed by atoms with Crippen molar-refractivity contribution in [3.05, 3.63) is 0 Å². The maximum Gasteiger partial charge on any atom is 0.204 e. The van der Waals surface area contributed by atoms with Gasteiger partial charge >= 0.3 is 0 Å². The number of thioether (sulfide) groups is 1. The molecular formula is C15H33NO5S. The number of methoxy groups -OCH3 is 1. The molecule has 0 bridgehead atoms. The molecule has 2 N–H and O–H groups in total. The molecule has 0 atom stereocenters. The Morgan fingerprint density at radius 1 is 0.818 bits per heavy atom. The summed E-state index contributed by atoms with van der Waals surface area (Å²) in [5.41, 5.74) is 4.17. The quantitative estimate of drug-likeness (QED) is 0.341. The molecule has 0 spiro atoms. The zero-order chi connectivity index (χ0) is 16.7. The number of unbranched alkanes of at least 4 members (excludes halogenated alkanes) is 3. The van der Waals surface area contributed by atoms with Crippen LogP contribution in [0.5, 0.6) is 0 Å². The van der Waals surface area contributed by atoms with E-state index in [1.54, 1.807) is 7.11 Å². The van der Waals surface area contributed by atoms with E-state index in [4.69, 9.17) is 23.7 Å². The van der Waals surface area contributed by atoms with E-state index < -0.39 is 0 Å². The molecule has 0 unspecified atom stereocenters. The fraction of sp³-hybridized carbons (Fsp3) is 0.933. The van der Waals surface area contributed by atoms with Gasteiger partial charge in [-0.15, -0.1) is 0 Å². The van der Waals surface area contributed by atoms with Gasteiger partial charge in [-0.3, -0.25) is 4.79 Å². The summed E-state index contributed by atoms with van der Waals surface area (Å²) in [6, 6.07) is 0. The molecule has 6 nitrogen and oxygen atoms in total. The molecule has 0 saturated heterocycles. The second kappa shape index (κ2) is 25.6. The normalized spacial score (nSPS) is 10.1. The van der Waals surface area contributed by atoms with Gasteiger partial charge in [0, 0.05) is 13.7 Å². The fourth-order valence-electron chi connectivity index (χ4n) is 1.49. The van der Waals surface area contributed by atoms with Crippen LogP contribution < -0.4 is 5.73 Å². The van der Waals surface area contributed by atoms with Gasteiger partial charge in [0.05, 0.1) is 39.6 Å². The molecule has 1 amide bonds. The minimum Gasteiger partial charge on any atom is -0.382 e. The molecular weight excluding hydrogens is 306 g/mol. The molecule has 0 rings (SSSR count). The van der Waals surface area contributed by atoms with E-state index >= 15 is 0 Å². The van der Waals surface area contributed by atoms with Crippen LogP contribution in [0.25, 0.3) is 0 Å². The predicted molar refractivity (Wildman–Crippen MR) is 91.4 cm³/mol. The fourth-order valence-corrected chi connectivity index (χ4v) is 1.98. The third-order valence-corrected chi connectivity index (χ3v) is 3.26. The molecule has 0 heterocycles. The summed E-state index contributed by atoms with van der Waals surface area (Å²) in [5.74, 6) is 1.28. The highest BCUT2D eigenvalue weighted by molar-refractivity contribution is 7.98. The third kappa shape index (κ3) is 27.9. The number of ether oxygens (including phenoxy) is 4. The van der Waals surface area contributed by atoms with Gasteiger partial charge in [-0.25, -0.2) is 0 Å². The molecule has 134 valence electrons. The van der Waals surface area contributed by atoms with Gasteiger partial charge in [0.1, 0.15) is 0 Å². The Labute approximate surface area is 139 Å². The Morgan fingerprint density at radius 3 is 1.77 bits per heavy atom. The van der Waals surface area contributed by atoms with Gasteiger partial charge in [0.15, 0.2) is 0 Å². The summed E-state index contributed by atoms with van der Waals surface area (Å²) >= 11 is 1.92. The van der Waals surface area contributed by atoms with Crippen LogP contribution in [0.3, 0.4) is 0 Å². The van der Waals surface area contributed by atoms with E-state index in [9.17, 15) is 0 Å². The Hall–Kier alpha value is -0.340. The smallest absolute Gasteiger partial charge is 0.204 e. The molecule has 7 heteroatoms. The summed E-state index contributed by atoms with van der Waals surface area (Å²) in [5, 5.41) is 0. The van der Waals surface area contributed by atoms with Crippen LogP contribution >= 0.6 is 11.8 Å². The van der Waals surface area contributed by atoms with Gasteiger partial charge in [0.2, 0.25) is 6.41 Å². The SMILES string of the molecule is COCCOCCOCCOCCCCCCSC.NC=O. The minimum atomic E-state index is 0.250. The van der Waals surface area contributed by atoms with Crippen molar-refractivity contribution in [2.75, 3.05) is 65.4 Å². The average Bonchev–Trinajstić information content (AvgIpc) is 2.52. The average molecular weight is 339 g/mol. The first-order valence-corrected chi connectivity index (χ1v) is 9.09. The lowest BCUT2D eigenvalue weighted by Crippen LogP contribution is -2.11. The Morgan fingerprint density at radius 2 is 1.27 bits per heavy atom. The topological polar surface area (TPSA) is 80.0 Å². The molecule has 0 aliphatic heterocycles. The predicted octanol–water partition coefficient (Wildman–Crippen LogP) is 1.71. The largest absolute Gasteiger partial charge is 0.382 e. The highest BCUT2D eigenvalue weighted by atomic mass is 32.2. The Balaban J connectivity index is 0. The van der Waals surface area contributed by atoms with Crippen molar-refractivity contribution in [2.24, 2.45) is 5.73 Å². The van der Waals surface area contributed by atoms with E-state index in [1.807, 2.05) is 11.8 Å². The number of hydrogen-bond acceptors (Lipinski definition) is 6. The lowest BCUT2D eigenvalue weighted by atomic mass is 10.2. The lowest BCUT2D eigenvalue weighted by molar-refractivity contribution is -0.106. The van der Waals surface area contributed by atoms with Crippen LogP contribution in [0.1, 0.15) is 25.7 Å². The van der Waals surface area contributed by atoms with Crippen LogP contribution in [0.4, 0.5) is 0 Å². The van der Waals surface area contributed by atoms with Crippen LogP contribution in [-0.2, 0) is 23.7 Å². The maximum absolute atomic E-state index is 8.58. The third-order valence-electron chi connectivity index (χ3n) is 2.56. The van der Waals surface area contributed by atoms with E-state index in [0.717, 1.165) is 13.0 Å². The van der Waals surface area contributed by atoms with Gasteiger partial charge in [-0.05, 0) is 24.9 Å². The van der Waals surface area contributed by atoms with Crippen LogP contribution in [0, 0.1) is 0 Å². The summed E-state index contributed by atoms with van der Waals surface area (Å²) in [4.78, 5) is 8.58. The first-order chi connectivity index (χ1) is 10.8. The molecule has 0 fully saturated rings. The molecule has 22 heavy (non-hydrogen) atoms. The molecule has 0 radical (unpaired) electrons. The minimum absolute atomic E-state index is 0.250. The van der Waals surface area contributed by atoms with E-state index in [-0.39, 0.29) is 6.41 Å². The van der Waals surface area contributed by atoms with E-state index in [2.05, 4.69) is 12.0 Å². The number of amides is 1. The molecule has 0 saturated carbocycles. The first kappa shape index (κ1) is 23.9. The molecule has 0 aromatic rings. The van der Waals surface area contributed by atoms with Crippen molar-refractivity contribution >= 4 is 18.2 Å². The number of carbonyl (C=O) groups is 1. The van der Waals surface area contributed by atoms with Crippen LogP contribution in [0.2, 0.25) is 0 Å². The van der Waals surface area contributed by atoms with Gasteiger partial charge in [0.25, 0.3) is 0 Å². The summed E-state index contributed by atoms with van der Waals surface area (Å²) in [6.07, 6.45) is 7.49.